The summed E-state index contributed by atoms with van der Waals surface area (Å²) in [4.78, 5) is 11.8. The van der Waals surface area contributed by atoms with Crippen molar-refractivity contribution in [3.63, 3.8) is 0 Å². The average molecular weight is 429 g/mol. The lowest BCUT2D eigenvalue weighted by atomic mass is 10.2. The molecule has 7 heteroatoms. The third-order valence-corrected chi connectivity index (χ3v) is 4.23. The Balaban J connectivity index is 1.46. The largest absolute Gasteiger partial charge is 0.489 e. The van der Waals surface area contributed by atoms with E-state index < -0.39 is 0 Å². The van der Waals surface area contributed by atoms with Crippen LogP contribution >= 0.6 is 23.2 Å². The van der Waals surface area contributed by atoms with Crippen molar-refractivity contribution in [3.05, 3.63) is 94.0 Å². The highest BCUT2D eigenvalue weighted by molar-refractivity contribution is 6.30. The molecule has 0 aliphatic heterocycles. The van der Waals surface area contributed by atoms with E-state index in [0.29, 0.717) is 28.2 Å². The van der Waals surface area contributed by atoms with Gasteiger partial charge in [0.1, 0.15) is 18.1 Å². The molecular weight excluding hydrogens is 411 g/mol. The maximum atomic E-state index is 11.8. The maximum Gasteiger partial charge on any atom is 0.277 e. The first-order valence-electron chi connectivity index (χ1n) is 8.76. The van der Waals surface area contributed by atoms with E-state index in [4.69, 9.17) is 32.7 Å². The summed E-state index contributed by atoms with van der Waals surface area (Å²) in [7, 11) is 0. The minimum Gasteiger partial charge on any atom is -0.489 e. The van der Waals surface area contributed by atoms with Crippen molar-refractivity contribution in [2.75, 3.05) is 6.61 Å². The van der Waals surface area contributed by atoms with Gasteiger partial charge in [0.25, 0.3) is 5.91 Å². The molecule has 3 aromatic carbocycles. The van der Waals surface area contributed by atoms with Gasteiger partial charge in [0.2, 0.25) is 0 Å². The molecular formula is C22H18Cl2N2O3. The minimum absolute atomic E-state index is 0.165. The van der Waals surface area contributed by atoms with E-state index in [1.807, 2.05) is 48.5 Å². The van der Waals surface area contributed by atoms with Crippen molar-refractivity contribution in [1.82, 2.24) is 5.43 Å². The zero-order valence-electron chi connectivity index (χ0n) is 15.3. The molecule has 1 amide bonds. The predicted octanol–water partition coefficient (Wildman–Crippen LogP) is 5.10. The number of hydrazone groups is 1. The van der Waals surface area contributed by atoms with Crippen LogP contribution in [0.5, 0.6) is 11.5 Å². The molecule has 148 valence electrons. The molecule has 0 fully saturated rings. The Morgan fingerprint density at radius 1 is 0.897 bits per heavy atom. The molecule has 0 heterocycles. The topological polar surface area (TPSA) is 59.9 Å². The molecule has 0 aromatic heterocycles. The first-order chi connectivity index (χ1) is 14.1. The lowest BCUT2D eigenvalue weighted by Gasteiger charge is -2.07. The van der Waals surface area contributed by atoms with Gasteiger partial charge in [0.15, 0.2) is 6.61 Å². The zero-order valence-corrected chi connectivity index (χ0v) is 16.9. The van der Waals surface area contributed by atoms with Gasteiger partial charge < -0.3 is 9.47 Å². The van der Waals surface area contributed by atoms with Crippen LogP contribution in [-0.4, -0.2) is 18.7 Å². The normalized spacial score (nSPS) is 10.7. The Morgan fingerprint density at radius 2 is 1.62 bits per heavy atom. The predicted molar refractivity (Wildman–Crippen MR) is 115 cm³/mol. The van der Waals surface area contributed by atoms with Crippen molar-refractivity contribution in [1.29, 1.82) is 0 Å². The molecule has 3 rings (SSSR count). The Hall–Kier alpha value is -3.02. The van der Waals surface area contributed by atoms with Crippen LogP contribution in [0.3, 0.4) is 0 Å². The molecule has 0 spiro atoms. The van der Waals surface area contributed by atoms with Gasteiger partial charge in [-0.3, -0.25) is 4.79 Å². The number of halogens is 2. The van der Waals surface area contributed by atoms with Crippen LogP contribution in [0.25, 0.3) is 0 Å². The lowest BCUT2D eigenvalue weighted by molar-refractivity contribution is -0.123. The number of benzene rings is 3. The molecule has 0 atom stereocenters. The Kier molecular flexibility index (Phi) is 7.50. The summed E-state index contributed by atoms with van der Waals surface area (Å²) in [6, 6.07) is 21.7. The Morgan fingerprint density at radius 3 is 2.38 bits per heavy atom. The molecule has 0 aliphatic carbocycles. The summed E-state index contributed by atoms with van der Waals surface area (Å²) in [5.41, 5.74) is 4.22. The summed E-state index contributed by atoms with van der Waals surface area (Å²) < 4.78 is 11.1. The van der Waals surface area contributed by atoms with E-state index in [2.05, 4.69) is 10.5 Å². The molecule has 0 saturated heterocycles. The SMILES string of the molecule is O=C(COc1cccc(Cl)c1)NN=Cc1cccc(OCc2ccc(Cl)cc2)c1. The molecule has 1 N–H and O–H groups in total. The van der Waals surface area contributed by atoms with Gasteiger partial charge in [0.05, 0.1) is 6.21 Å². The van der Waals surface area contributed by atoms with Gasteiger partial charge in [-0.15, -0.1) is 0 Å². The summed E-state index contributed by atoms with van der Waals surface area (Å²) in [5, 5.41) is 5.17. The molecule has 5 nitrogen and oxygen atoms in total. The highest BCUT2D eigenvalue weighted by atomic mass is 35.5. The monoisotopic (exact) mass is 428 g/mol. The number of ether oxygens (including phenoxy) is 2. The highest BCUT2D eigenvalue weighted by Gasteiger charge is 2.02. The van der Waals surface area contributed by atoms with Gasteiger partial charge in [-0.05, 0) is 53.6 Å². The molecule has 0 aliphatic rings. The van der Waals surface area contributed by atoms with E-state index in [1.165, 1.54) is 6.21 Å². The fourth-order valence-electron chi connectivity index (χ4n) is 2.35. The van der Waals surface area contributed by atoms with Gasteiger partial charge in [-0.2, -0.15) is 5.10 Å². The van der Waals surface area contributed by atoms with Crippen LogP contribution < -0.4 is 14.9 Å². The fourth-order valence-corrected chi connectivity index (χ4v) is 2.65. The van der Waals surface area contributed by atoms with Crippen LogP contribution in [0.1, 0.15) is 11.1 Å². The molecule has 0 bridgehead atoms. The summed E-state index contributed by atoms with van der Waals surface area (Å²) in [6.07, 6.45) is 1.53. The summed E-state index contributed by atoms with van der Waals surface area (Å²) in [6.45, 7) is 0.261. The standard InChI is InChI=1S/C22H18Cl2N2O3/c23-18-9-7-16(8-10-18)14-28-20-5-1-3-17(11-20)13-25-26-22(27)15-29-21-6-2-4-19(24)12-21/h1-13H,14-15H2,(H,26,27). The van der Waals surface area contributed by atoms with Crippen molar-refractivity contribution in [3.8, 4) is 11.5 Å². The van der Waals surface area contributed by atoms with E-state index in [9.17, 15) is 4.79 Å². The number of carbonyl (C=O) groups excluding carboxylic acids is 1. The van der Waals surface area contributed by atoms with Crippen LogP contribution in [-0.2, 0) is 11.4 Å². The summed E-state index contributed by atoms with van der Waals surface area (Å²) >= 11 is 11.7. The number of hydrogen-bond donors (Lipinski definition) is 1. The van der Waals surface area contributed by atoms with E-state index in [-0.39, 0.29) is 12.5 Å². The van der Waals surface area contributed by atoms with Crippen LogP contribution in [0, 0.1) is 0 Å². The van der Waals surface area contributed by atoms with E-state index in [0.717, 1.165) is 11.1 Å². The Labute approximate surface area is 178 Å². The molecule has 0 saturated carbocycles. The average Bonchev–Trinajstić information content (AvgIpc) is 2.72. The van der Waals surface area contributed by atoms with Crippen molar-refractivity contribution >= 4 is 35.3 Å². The molecule has 0 unspecified atom stereocenters. The third-order valence-electron chi connectivity index (χ3n) is 3.75. The smallest absolute Gasteiger partial charge is 0.277 e. The fraction of sp³-hybridized carbons (Fsp3) is 0.0909. The number of amides is 1. The van der Waals surface area contributed by atoms with Crippen LogP contribution in [0.4, 0.5) is 0 Å². The van der Waals surface area contributed by atoms with E-state index >= 15 is 0 Å². The van der Waals surface area contributed by atoms with Gasteiger partial charge in [-0.1, -0.05) is 53.5 Å². The summed E-state index contributed by atoms with van der Waals surface area (Å²) in [5.74, 6) is 0.832. The lowest BCUT2D eigenvalue weighted by Crippen LogP contribution is -2.24. The number of rotatable bonds is 8. The molecule has 0 radical (unpaired) electrons. The first kappa shape index (κ1) is 20.7. The zero-order chi connectivity index (χ0) is 20.5. The number of nitrogens with zero attached hydrogens (tertiary/aromatic N) is 1. The first-order valence-corrected chi connectivity index (χ1v) is 9.52. The second-order valence-electron chi connectivity index (χ2n) is 6.03. The van der Waals surface area contributed by atoms with Gasteiger partial charge in [0, 0.05) is 10.0 Å². The van der Waals surface area contributed by atoms with E-state index in [1.54, 1.807) is 24.3 Å². The minimum atomic E-state index is -0.378. The van der Waals surface area contributed by atoms with Crippen molar-refractivity contribution in [2.45, 2.75) is 6.61 Å². The van der Waals surface area contributed by atoms with Gasteiger partial charge in [-0.25, -0.2) is 5.43 Å². The van der Waals surface area contributed by atoms with Gasteiger partial charge >= 0.3 is 0 Å². The van der Waals surface area contributed by atoms with Crippen LogP contribution in [0.2, 0.25) is 10.0 Å². The molecule has 3 aromatic rings. The number of nitrogens with one attached hydrogen (secondary N) is 1. The maximum absolute atomic E-state index is 11.8. The number of hydrogen-bond acceptors (Lipinski definition) is 4. The Bertz CT molecular complexity index is 991. The quantitative estimate of drug-likeness (QED) is 0.400. The highest BCUT2D eigenvalue weighted by Crippen LogP contribution is 2.17. The number of carbonyl (C=O) groups is 1. The second kappa shape index (κ2) is 10.5. The second-order valence-corrected chi connectivity index (χ2v) is 6.90. The van der Waals surface area contributed by atoms with Crippen LogP contribution in [0.15, 0.2) is 77.9 Å². The van der Waals surface area contributed by atoms with Crippen molar-refractivity contribution < 1.29 is 14.3 Å². The third kappa shape index (κ3) is 7.14. The molecule has 29 heavy (non-hydrogen) atoms. The van der Waals surface area contributed by atoms with Crippen molar-refractivity contribution in [2.24, 2.45) is 5.10 Å².